The number of aliphatic imine (C=N–C) groups is 1. The molecule has 0 aromatic heterocycles. The minimum Gasteiger partial charge on any atom is -0.357 e. The summed E-state index contributed by atoms with van der Waals surface area (Å²) in [6.45, 7) is 6.51. The highest BCUT2D eigenvalue weighted by atomic mass is 15.2. The largest absolute Gasteiger partial charge is 0.357 e. The standard InChI is InChI=1S/C13H26N4/c1-3-14-13(16-12-4-5-12)15-10-11-6-8-17(2)9-7-11/h11-12H,3-10H2,1-2H3,(H2,14,15,16). The van der Waals surface area contributed by atoms with E-state index >= 15 is 0 Å². The monoisotopic (exact) mass is 238 g/mol. The van der Waals surface area contributed by atoms with Crippen molar-refractivity contribution in [1.82, 2.24) is 15.5 Å². The van der Waals surface area contributed by atoms with Gasteiger partial charge in [-0.25, -0.2) is 0 Å². The molecule has 1 saturated heterocycles. The topological polar surface area (TPSA) is 39.7 Å². The van der Waals surface area contributed by atoms with Crippen LogP contribution in [0.1, 0.15) is 32.6 Å². The van der Waals surface area contributed by atoms with E-state index in [9.17, 15) is 0 Å². The van der Waals surface area contributed by atoms with Crippen LogP contribution in [-0.4, -0.2) is 50.1 Å². The zero-order chi connectivity index (χ0) is 12.1. The van der Waals surface area contributed by atoms with E-state index in [1.54, 1.807) is 0 Å². The Morgan fingerprint density at radius 3 is 2.53 bits per heavy atom. The summed E-state index contributed by atoms with van der Waals surface area (Å²) in [5.74, 6) is 1.80. The van der Waals surface area contributed by atoms with Gasteiger partial charge >= 0.3 is 0 Å². The summed E-state index contributed by atoms with van der Waals surface area (Å²) in [4.78, 5) is 7.13. The van der Waals surface area contributed by atoms with E-state index < -0.39 is 0 Å². The highest BCUT2D eigenvalue weighted by Crippen LogP contribution is 2.19. The zero-order valence-electron chi connectivity index (χ0n) is 11.2. The molecule has 98 valence electrons. The van der Waals surface area contributed by atoms with Crippen LogP contribution >= 0.6 is 0 Å². The van der Waals surface area contributed by atoms with Crippen molar-refractivity contribution >= 4 is 5.96 Å². The summed E-state index contributed by atoms with van der Waals surface area (Å²) in [7, 11) is 2.21. The van der Waals surface area contributed by atoms with Crippen molar-refractivity contribution in [2.24, 2.45) is 10.9 Å². The maximum absolute atomic E-state index is 4.72. The smallest absolute Gasteiger partial charge is 0.191 e. The maximum Gasteiger partial charge on any atom is 0.191 e. The number of hydrogen-bond donors (Lipinski definition) is 2. The average molecular weight is 238 g/mol. The number of piperidine rings is 1. The van der Waals surface area contributed by atoms with E-state index in [2.05, 4.69) is 29.5 Å². The predicted octanol–water partition coefficient (Wildman–Crippen LogP) is 1.05. The summed E-state index contributed by atoms with van der Waals surface area (Å²) >= 11 is 0. The van der Waals surface area contributed by atoms with Crippen LogP contribution in [0.3, 0.4) is 0 Å². The molecule has 0 spiro atoms. The normalized spacial score (nSPS) is 23.8. The lowest BCUT2D eigenvalue weighted by Gasteiger charge is -2.28. The molecule has 2 N–H and O–H groups in total. The summed E-state index contributed by atoms with van der Waals surface area (Å²) < 4.78 is 0. The van der Waals surface area contributed by atoms with Crippen LogP contribution in [0.5, 0.6) is 0 Å². The Labute approximate surface area is 105 Å². The molecule has 4 nitrogen and oxygen atoms in total. The molecule has 0 atom stereocenters. The van der Waals surface area contributed by atoms with Crippen LogP contribution in [0.15, 0.2) is 4.99 Å². The molecule has 2 aliphatic rings. The molecule has 0 amide bonds. The minimum absolute atomic E-state index is 0.685. The van der Waals surface area contributed by atoms with Crippen molar-refractivity contribution in [3.05, 3.63) is 0 Å². The van der Waals surface area contributed by atoms with E-state index in [0.29, 0.717) is 6.04 Å². The van der Waals surface area contributed by atoms with Crippen molar-refractivity contribution < 1.29 is 0 Å². The molecule has 1 aliphatic heterocycles. The van der Waals surface area contributed by atoms with Gasteiger partial charge in [0.2, 0.25) is 0 Å². The van der Waals surface area contributed by atoms with Gasteiger partial charge in [-0.1, -0.05) is 0 Å². The van der Waals surface area contributed by atoms with Crippen LogP contribution in [-0.2, 0) is 0 Å². The molecule has 0 aromatic rings. The molecule has 0 bridgehead atoms. The van der Waals surface area contributed by atoms with Gasteiger partial charge in [-0.3, -0.25) is 4.99 Å². The van der Waals surface area contributed by atoms with Crippen LogP contribution in [0.4, 0.5) is 0 Å². The Morgan fingerprint density at radius 2 is 1.94 bits per heavy atom. The van der Waals surface area contributed by atoms with Gasteiger partial charge in [-0.15, -0.1) is 0 Å². The summed E-state index contributed by atoms with van der Waals surface area (Å²) in [6, 6.07) is 0.685. The third-order valence-corrected chi connectivity index (χ3v) is 3.61. The zero-order valence-corrected chi connectivity index (χ0v) is 11.2. The maximum atomic E-state index is 4.72. The van der Waals surface area contributed by atoms with Crippen LogP contribution in [0.25, 0.3) is 0 Å². The third-order valence-electron chi connectivity index (χ3n) is 3.61. The fourth-order valence-electron chi connectivity index (χ4n) is 2.21. The lowest BCUT2D eigenvalue weighted by molar-refractivity contribution is 0.223. The minimum atomic E-state index is 0.685. The molecule has 17 heavy (non-hydrogen) atoms. The Balaban J connectivity index is 1.74. The van der Waals surface area contributed by atoms with Crippen LogP contribution < -0.4 is 10.6 Å². The van der Waals surface area contributed by atoms with Gasteiger partial charge in [0, 0.05) is 19.1 Å². The second-order valence-electron chi connectivity index (χ2n) is 5.38. The van der Waals surface area contributed by atoms with Crippen molar-refractivity contribution in [1.29, 1.82) is 0 Å². The first-order valence-electron chi connectivity index (χ1n) is 7.01. The number of nitrogens with one attached hydrogen (secondary N) is 2. The van der Waals surface area contributed by atoms with E-state index in [-0.39, 0.29) is 0 Å². The SMILES string of the molecule is CCNC(=NCC1CCN(C)CC1)NC1CC1. The molecule has 2 fully saturated rings. The highest BCUT2D eigenvalue weighted by Gasteiger charge is 2.22. The molecule has 2 rings (SSSR count). The number of nitrogens with zero attached hydrogens (tertiary/aromatic N) is 2. The van der Waals surface area contributed by atoms with E-state index in [1.807, 2.05) is 0 Å². The molecule has 0 aromatic carbocycles. The molecular formula is C13H26N4. The van der Waals surface area contributed by atoms with Crippen LogP contribution in [0, 0.1) is 5.92 Å². The lowest BCUT2D eigenvalue weighted by atomic mass is 9.97. The quantitative estimate of drug-likeness (QED) is 0.568. The Bertz CT molecular complexity index is 252. The van der Waals surface area contributed by atoms with Crippen molar-refractivity contribution in [3.63, 3.8) is 0 Å². The van der Waals surface area contributed by atoms with Gasteiger partial charge in [0.1, 0.15) is 0 Å². The highest BCUT2D eigenvalue weighted by molar-refractivity contribution is 5.80. The van der Waals surface area contributed by atoms with Gasteiger partial charge in [-0.05, 0) is 58.7 Å². The molecule has 0 radical (unpaired) electrons. The first kappa shape index (κ1) is 12.7. The van der Waals surface area contributed by atoms with Gasteiger partial charge in [0.05, 0.1) is 0 Å². The lowest BCUT2D eigenvalue weighted by Crippen LogP contribution is -2.39. The van der Waals surface area contributed by atoms with Gasteiger partial charge < -0.3 is 15.5 Å². The fraction of sp³-hybridized carbons (Fsp3) is 0.923. The summed E-state index contributed by atoms with van der Waals surface area (Å²) in [6.07, 6.45) is 5.20. The summed E-state index contributed by atoms with van der Waals surface area (Å²) in [5, 5.41) is 6.80. The Kier molecular flexibility index (Phi) is 4.66. The number of hydrogen-bond acceptors (Lipinski definition) is 2. The van der Waals surface area contributed by atoms with Gasteiger partial charge in [0.25, 0.3) is 0 Å². The molecule has 0 unspecified atom stereocenters. The fourth-order valence-corrected chi connectivity index (χ4v) is 2.21. The second-order valence-corrected chi connectivity index (χ2v) is 5.38. The van der Waals surface area contributed by atoms with Crippen molar-refractivity contribution in [2.75, 3.05) is 33.2 Å². The van der Waals surface area contributed by atoms with Crippen molar-refractivity contribution in [3.8, 4) is 0 Å². The second kappa shape index (κ2) is 6.24. The van der Waals surface area contributed by atoms with E-state index in [1.165, 1.54) is 38.8 Å². The van der Waals surface area contributed by atoms with Gasteiger partial charge in [-0.2, -0.15) is 0 Å². The van der Waals surface area contributed by atoms with E-state index in [4.69, 9.17) is 4.99 Å². The van der Waals surface area contributed by atoms with E-state index in [0.717, 1.165) is 25.0 Å². The molecule has 4 heteroatoms. The predicted molar refractivity (Wildman–Crippen MR) is 72.4 cm³/mol. The van der Waals surface area contributed by atoms with Crippen molar-refractivity contribution in [2.45, 2.75) is 38.6 Å². The van der Waals surface area contributed by atoms with Gasteiger partial charge in [0.15, 0.2) is 5.96 Å². The van der Waals surface area contributed by atoms with Crippen LogP contribution in [0.2, 0.25) is 0 Å². The molecule has 1 heterocycles. The first-order chi connectivity index (χ1) is 8.28. The summed E-state index contributed by atoms with van der Waals surface area (Å²) in [5.41, 5.74) is 0. The first-order valence-corrected chi connectivity index (χ1v) is 7.01. The molecule has 1 saturated carbocycles. The number of likely N-dealkylation sites (tertiary alicyclic amines) is 1. The Hall–Kier alpha value is -0.770. The third kappa shape index (κ3) is 4.54. The number of rotatable bonds is 4. The number of guanidine groups is 1. The average Bonchev–Trinajstić information content (AvgIpc) is 3.12. The Morgan fingerprint density at radius 1 is 1.24 bits per heavy atom. The molecule has 1 aliphatic carbocycles. The molecular weight excluding hydrogens is 212 g/mol.